The van der Waals surface area contributed by atoms with Crippen LogP contribution in [0.15, 0.2) is 6.07 Å². The highest BCUT2D eigenvalue weighted by Crippen LogP contribution is 2.26. The summed E-state index contributed by atoms with van der Waals surface area (Å²) in [4.78, 5) is 4.92. The minimum absolute atomic E-state index is 0.423. The number of aryl methyl sites for hydroxylation is 2. The van der Waals surface area contributed by atoms with Crippen LogP contribution < -0.4 is 11.1 Å². The maximum Gasteiger partial charge on any atom is 0.136 e. The summed E-state index contributed by atoms with van der Waals surface area (Å²) in [5, 5.41) is 3.43. The van der Waals surface area contributed by atoms with Gasteiger partial charge in [-0.15, -0.1) is 0 Å². The Bertz CT molecular complexity index is 425. The van der Waals surface area contributed by atoms with E-state index in [9.17, 15) is 0 Å². The van der Waals surface area contributed by atoms with Crippen molar-refractivity contribution >= 4 is 23.0 Å². The Hall–Kier alpha value is -1.16. The summed E-state index contributed by atoms with van der Waals surface area (Å²) < 4.78 is 0. The molecule has 1 heterocycles. The molecule has 1 aromatic rings. The molecule has 16 heavy (non-hydrogen) atoms. The van der Waals surface area contributed by atoms with Crippen molar-refractivity contribution < 1.29 is 0 Å². The molecule has 0 bridgehead atoms. The SMILES string of the molecule is Cc1cc(C)c(C(N)=S)c(NC2CCC2)n1. The average Bonchev–Trinajstić information content (AvgIpc) is 2.09. The number of aromatic nitrogens is 1. The van der Waals surface area contributed by atoms with Crippen molar-refractivity contribution in [2.75, 3.05) is 5.32 Å². The molecule has 0 atom stereocenters. The molecule has 0 aromatic carbocycles. The van der Waals surface area contributed by atoms with Crippen molar-refractivity contribution in [3.05, 3.63) is 22.9 Å². The first-order valence-electron chi connectivity index (χ1n) is 5.62. The fraction of sp³-hybridized carbons (Fsp3) is 0.500. The van der Waals surface area contributed by atoms with Gasteiger partial charge in [-0.05, 0) is 44.7 Å². The number of anilines is 1. The monoisotopic (exact) mass is 235 g/mol. The molecule has 1 aliphatic carbocycles. The fourth-order valence-electron chi connectivity index (χ4n) is 2.00. The summed E-state index contributed by atoms with van der Waals surface area (Å²) in [5.74, 6) is 0.856. The number of hydrogen-bond acceptors (Lipinski definition) is 3. The zero-order valence-electron chi connectivity index (χ0n) is 9.71. The van der Waals surface area contributed by atoms with Gasteiger partial charge in [-0.1, -0.05) is 12.2 Å². The maximum absolute atomic E-state index is 5.75. The van der Waals surface area contributed by atoms with Gasteiger partial charge < -0.3 is 11.1 Å². The third-order valence-electron chi connectivity index (χ3n) is 3.04. The van der Waals surface area contributed by atoms with Gasteiger partial charge in [0.1, 0.15) is 10.8 Å². The van der Waals surface area contributed by atoms with E-state index in [1.807, 2.05) is 19.9 Å². The van der Waals surface area contributed by atoms with E-state index in [0.29, 0.717) is 11.0 Å². The van der Waals surface area contributed by atoms with Gasteiger partial charge in [0.25, 0.3) is 0 Å². The van der Waals surface area contributed by atoms with Crippen LogP contribution in [0.25, 0.3) is 0 Å². The van der Waals surface area contributed by atoms with E-state index in [-0.39, 0.29) is 0 Å². The molecular formula is C12H17N3S. The van der Waals surface area contributed by atoms with Crippen molar-refractivity contribution in [3.8, 4) is 0 Å². The van der Waals surface area contributed by atoms with E-state index in [4.69, 9.17) is 18.0 Å². The van der Waals surface area contributed by atoms with Crippen LogP contribution in [0.1, 0.15) is 36.1 Å². The molecule has 2 rings (SSSR count). The molecule has 1 aliphatic rings. The number of rotatable bonds is 3. The van der Waals surface area contributed by atoms with Crippen LogP contribution in [-0.2, 0) is 0 Å². The van der Waals surface area contributed by atoms with Crippen molar-refractivity contribution in [1.29, 1.82) is 0 Å². The predicted molar refractivity (Wildman–Crippen MR) is 70.9 cm³/mol. The molecule has 0 radical (unpaired) electrons. The lowest BCUT2D eigenvalue weighted by molar-refractivity contribution is 0.444. The Balaban J connectivity index is 2.35. The largest absolute Gasteiger partial charge is 0.389 e. The minimum Gasteiger partial charge on any atom is -0.389 e. The molecule has 1 aromatic heterocycles. The summed E-state index contributed by atoms with van der Waals surface area (Å²) in [6.45, 7) is 4.01. The van der Waals surface area contributed by atoms with Gasteiger partial charge in [-0.2, -0.15) is 0 Å². The van der Waals surface area contributed by atoms with Crippen molar-refractivity contribution in [1.82, 2.24) is 4.98 Å². The van der Waals surface area contributed by atoms with Crippen molar-refractivity contribution in [3.63, 3.8) is 0 Å². The molecule has 3 nitrogen and oxygen atoms in total. The number of nitrogens with one attached hydrogen (secondary N) is 1. The van der Waals surface area contributed by atoms with Gasteiger partial charge in [-0.3, -0.25) is 0 Å². The van der Waals surface area contributed by atoms with Crippen LogP contribution in [0.3, 0.4) is 0 Å². The summed E-state index contributed by atoms with van der Waals surface area (Å²) in [6.07, 6.45) is 3.72. The lowest BCUT2D eigenvalue weighted by atomic mass is 9.93. The van der Waals surface area contributed by atoms with Gasteiger partial charge in [0.15, 0.2) is 0 Å². The standard InChI is InChI=1S/C12H17N3S/c1-7-6-8(2)14-12(10(7)11(13)16)15-9-4-3-5-9/h6,9H,3-5H2,1-2H3,(H2,13,16)(H,14,15). The Morgan fingerprint density at radius 1 is 1.50 bits per heavy atom. The number of nitrogens with zero attached hydrogens (tertiary/aromatic N) is 1. The highest BCUT2D eigenvalue weighted by molar-refractivity contribution is 7.80. The molecule has 0 saturated heterocycles. The Morgan fingerprint density at radius 3 is 2.69 bits per heavy atom. The second-order valence-corrected chi connectivity index (χ2v) is 4.88. The molecule has 3 N–H and O–H groups in total. The highest BCUT2D eigenvalue weighted by Gasteiger charge is 2.20. The average molecular weight is 235 g/mol. The van der Waals surface area contributed by atoms with E-state index < -0.39 is 0 Å². The predicted octanol–water partition coefficient (Wildman–Crippen LogP) is 2.30. The van der Waals surface area contributed by atoms with Crippen LogP contribution >= 0.6 is 12.2 Å². The smallest absolute Gasteiger partial charge is 0.136 e. The van der Waals surface area contributed by atoms with Gasteiger partial charge in [0.05, 0.1) is 5.56 Å². The van der Waals surface area contributed by atoms with Crippen LogP contribution in [0, 0.1) is 13.8 Å². The quantitative estimate of drug-likeness (QED) is 0.789. The summed E-state index contributed by atoms with van der Waals surface area (Å²) in [7, 11) is 0. The molecule has 0 spiro atoms. The molecule has 1 fully saturated rings. The second-order valence-electron chi connectivity index (χ2n) is 4.44. The molecule has 0 aliphatic heterocycles. The summed E-state index contributed by atoms with van der Waals surface area (Å²) >= 11 is 5.09. The zero-order valence-corrected chi connectivity index (χ0v) is 10.5. The van der Waals surface area contributed by atoms with Gasteiger partial charge in [0, 0.05) is 11.7 Å². The van der Waals surface area contributed by atoms with Gasteiger partial charge >= 0.3 is 0 Å². The summed E-state index contributed by atoms with van der Waals surface area (Å²) in [5.41, 5.74) is 8.75. The number of nitrogens with two attached hydrogens (primary N) is 1. The van der Waals surface area contributed by atoms with Crippen LogP contribution in [0.5, 0.6) is 0 Å². The van der Waals surface area contributed by atoms with Crippen LogP contribution in [0.2, 0.25) is 0 Å². The third kappa shape index (κ3) is 2.16. The molecular weight excluding hydrogens is 218 g/mol. The van der Waals surface area contributed by atoms with Gasteiger partial charge in [-0.25, -0.2) is 4.98 Å². The number of thiocarbonyl (C=S) groups is 1. The van der Waals surface area contributed by atoms with Crippen molar-refractivity contribution in [2.45, 2.75) is 39.2 Å². The Kier molecular flexibility index (Phi) is 3.10. The number of pyridine rings is 1. The van der Waals surface area contributed by atoms with E-state index >= 15 is 0 Å². The first-order valence-corrected chi connectivity index (χ1v) is 6.03. The molecule has 86 valence electrons. The summed E-state index contributed by atoms with van der Waals surface area (Å²) in [6, 6.07) is 2.56. The Labute approximate surface area is 101 Å². The Morgan fingerprint density at radius 2 is 2.19 bits per heavy atom. The highest BCUT2D eigenvalue weighted by atomic mass is 32.1. The lowest BCUT2D eigenvalue weighted by Gasteiger charge is -2.28. The molecule has 1 saturated carbocycles. The topological polar surface area (TPSA) is 50.9 Å². The molecule has 0 amide bonds. The second kappa shape index (κ2) is 4.37. The normalized spacial score (nSPS) is 15.6. The fourth-order valence-corrected chi connectivity index (χ4v) is 2.26. The van der Waals surface area contributed by atoms with Gasteiger partial charge in [0.2, 0.25) is 0 Å². The van der Waals surface area contributed by atoms with Crippen LogP contribution in [-0.4, -0.2) is 16.0 Å². The zero-order chi connectivity index (χ0) is 11.7. The van der Waals surface area contributed by atoms with E-state index in [2.05, 4.69) is 10.3 Å². The van der Waals surface area contributed by atoms with E-state index in [1.165, 1.54) is 19.3 Å². The minimum atomic E-state index is 0.423. The van der Waals surface area contributed by atoms with Crippen molar-refractivity contribution in [2.24, 2.45) is 5.73 Å². The first-order chi connectivity index (χ1) is 7.58. The third-order valence-corrected chi connectivity index (χ3v) is 3.24. The molecule has 4 heteroatoms. The molecule has 0 unspecified atom stereocenters. The number of hydrogen-bond donors (Lipinski definition) is 2. The van der Waals surface area contributed by atoms with E-state index in [1.54, 1.807) is 0 Å². The maximum atomic E-state index is 5.75. The lowest BCUT2D eigenvalue weighted by Crippen LogP contribution is -2.29. The first kappa shape index (κ1) is 11.3. The van der Waals surface area contributed by atoms with Crippen LogP contribution in [0.4, 0.5) is 5.82 Å². The van der Waals surface area contributed by atoms with E-state index in [0.717, 1.165) is 22.6 Å².